The van der Waals surface area contributed by atoms with Crippen LogP contribution in [0.5, 0.6) is 0 Å². The maximum absolute atomic E-state index is 11.6. The van der Waals surface area contributed by atoms with Gasteiger partial charge >= 0.3 is 11.9 Å². The Morgan fingerprint density at radius 3 is 1.25 bits per heavy atom. The third-order valence-corrected chi connectivity index (χ3v) is 5.09. The van der Waals surface area contributed by atoms with Crippen molar-refractivity contribution in [2.45, 2.75) is 104 Å². The van der Waals surface area contributed by atoms with Crippen molar-refractivity contribution < 1.29 is 19.8 Å². The SMILES string of the molecule is CCCCCCCCC=CC(C(=O)O)C(C=CCCCCCCCC)C(=O)O. The summed E-state index contributed by atoms with van der Waals surface area (Å²) in [6.45, 7) is 4.38. The number of unbranched alkanes of at least 4 members (excludes halogenated alkanes) is 12. The summed E-state index contributed by atoms with van der Waals surface area (Å²) in [4.78, 5) is 23.1. The van der Waals surface area contributed by atoms with Gasteiger partial charge in [-0.3, -0.25) is 9.59 Å². The molecule has 0 spiro atoms. The van der Waals surface area contributed by atoms with Gasteiger partial charge in [-0.15, -0.1) is 0 Å². The van der Waals surface area contributed by atoms with E-state index in [1.807, 2.05) is 12.2 Å². The summed E-state index contributed by atoms with van der Waals surface area (Å²) >= 11 is 0. The topological polar surface area (TPSA) is 74.6 Å². The fraction of sp³-hybridized carbons (Fsp3) is 0.750. The molecule has 2 atom stereocenters. The molecule has 0 rings (SSSR count). The summed E-state index contributed by atoms with van der Waals surface area (Å²) < 4.78 is 0. The summed E-state index contributed by atoms with van der Waals surface area (Å²) in [6, 6.07) is 0. The van der Waals surface area contributed by atoms with Crippen LogP contribution in [0.1, 0.15) is 104 Å². The van der Waals surface area contributed by atoms with Crippen LogP contribution in [0.15, 0.2) is 24.3 Å². The van der Waals surface area contributed by atoms with Crippen molar-refractivity contribution in [3.05, 3.63) is 24.3 Å². The quantitative estimate of drug-likeness (QED) is 0.183. The van der Waals surface area contributed by atoms with Crippen LogP contribution in [0.4, 0.5) is 0 Å². The van der Waals surface area contributed by atoms with E-state index in [1.165, 1.54) is 51.4 Å². The van der Waals surface area contributed by atoms with Gasteiger partial charge in [0.25, 0.3) is 0 Å². The van der Waals surface area contributed by atoms with E-state index in [0.717, 1.165) is 38.5 Å². The second kappa shape index (κ2) is 18.8. The van der Waals surface area contributed by atoms with Crippen molar-refractivity contribution in [2.24, 2.45) is 11.8 Å². The number of rotatable bonds is 19. The third kappa shape index (κ3) is 14.5. The van der Waals surface area contributed by atoms with E-state index in [2.05, 4.69) is 13.8 Å². The zero-order chi connectivity index (χ0) is 21.0. The zero-order valence-electron chi connectivity index (χ0n) is 18.1. The number of aliphatic carboxylic acids is 2. The van der Waals surface area contributed by atoms with Crippen molar-refractivity contribution in [2.75, 3.05) is 0 Å². The van der Waals surface area contributed by atoms with Gasteiger partial charge in [0.1, 0.15) is 0 Å². The first kappa shape index (κ1) is 26.4. The Bertz CT molecular complexity index is 412. The second-order valence-corrected chi connectivity index (χ2v) is 7.70. The van der Waals surface area contributed by atoms with E-state index < -0.39 is 23.8 Å². The van der Waals surface area contributed by atoms with Gasteiger partial charge in [0.2, 0.25) is 0 Å². The highest BCUT2D eigenvalue weighted by molar-refractivity contribution is 5.82. The van der Waals surface area contributed by atoms with Gasteiger partial charge in [-0.2, -0.15) is 0 Å². The molecule has 0 saturated carbocycles. The van der Waals surface area contributed by atoms with E-state index in [4.69, 9.17) is 0 Å². The van der Waals surface area contributed by atoms with Crippen molar-refractivity contribution >= 4 is 11.9 Å². The lowest BCUT2D eigenvalue weighted by Crippen LogP contribution is -2.27. The van der Waals surface area contributed by atoms with Crippen LogP contribution in [0.3, 0.4) is 0 Å². The molecule has 0 bridgehead atoms. The Balaban J connectivity index is 4.38. The van der Waals surface area contributed by atoms with E-state index >= 15 is 0 Å². The molecular weight excluding hydrogens is 352 g/mol. The van der Waals surface area contributed by atoms with Crippen LogP contribution in [-0.2, 0) is 9.59 Å². The predicted octanol–water partition coefficient (Wildman–Crippen LogP) is 7.00. The Morgan fingerprint density at radius 2 is 0.929 bits per heavy atom. The molecule has 0 heterocycles. The fourth-order valence-corrected chi connectivity index (χ4v) is 3.28. The number of hydrogen-bond donors (Lipinski definition) is 2. The first-order valence-corrected chi connectivity index (χ1v) is 11.3. The number of carboxylic acids is 2. The largest absolute Gasteiger partial charge is 0.481 e. The number of allylic oxidation sites excluding steroid dienone is 2. The lowest BCUT2D eigenvalue weighted by molar-refractivity contribution is -0.149. The molecule has 162 valence electrons. The maximum atomic E-state index is 11.6. The van der Waals surface area contributed by atoms with Gasteiger partial charge in [0, 0.05) is 0 Å². The van der Waals surface area contributed by atoms with Gasteiger partial charge in [-0.05, 0) is 25.7 Å². The molecule has 0 saturated heterocycles. The summed E-state index contributed by atoms with van der Waals surface area (Å²) in [6.07, 6.45) is 22.7. The van der Waals surface area contributed by atoms with Crippen LogP contribution >= 0.6 is 0 Å². The average molecular weight is 395 g/mol. The zero-order valence-corrected chi connectivity index (χ0v) is 18.1. The molecule has 0 amide bonds. The minimum Gasteiger partial charge on any atom is -0.481 e. The molecule has 0 radical (unpaired) electrons. The molecule has 0 aromatic carbocycles. The van der Waals surface area contributed by atoms with Crippen LogP contribution in [0.2, 0.25) is 0 Å². The average Bonchev–Trinajstić information content (AvgIpc) is 2.66. The molecule has 0 aromatic rings. The van der Waals surface area contributed by atoms with E-state index in [0.29, 0.717) is 0 Å². The third-order valence-electron chi connectivity index (χ3n) is 5.09. The monoisotopic (exact) mass is 394 g/mol. The van der Waals surface area contributed by atoms with E-state index in [1.54, 1.807) is 12.2 Å². The molecule has 4 nitrogen and oxygen atoms in total. The molecular formula is C24H42O4. The summed E-state index contributed by atoms with van der Waals surface area (Å²) in [7, 11) is 0. The van der Waals surface area contributed by atoms with E-state index in [-0.39, 0.29) is 0 Å². The van der Waals surface area contributed by atoms with Crippen molar-refractivity contribution in [1.82, 2.24) is 0 Å². The molecule has 28 heavy (non-hydrogen) atoms. The normalized spacial score (nSPS) is 13.9. The smallest absolute Gasteiger partial charge is 0.311 e. The Morgan fingerprint density at radius 1 is 0.607 bits per heavy atom. The van der Waals surface area contributed by atoms with Gasteiger partial charge in [0.15, 0.2) is 0 Å². The molecule has 0 aliphatic rings. The highest BCUT2D eigenvalue weighted by Gasteiger charge is 2.29. The van der Waals surface area contributed by atoms with Crippen LogP contribution < -0.4 is 0 Å². The van der Waals surface area contributed by atoms with E-state index in [9.17, 15) is 19.8 Å². The van der Waals surface area contributed by atoms with Crippen LogP contribution in [-0.4, -0.2) is 22.2 Å². The predicted molar refractivity (Wildman–Crippen MR) is 117 cm³/mol. The van der Waals surface area contributed by atoms with Crippen molar-refractivity contribution in [3.63, 3.8) is 0 Å². The Kier molecular flexibility index (Phi) is 17.7. The van der Waals surface area contributed by atoms with Gasteiger partial charge in [-0.1, -0.05) is 102 Å². The maximum Gasteiger partial charge on any atom is 0.311 e. The summed E-state index contributed by atoms with van der Waals surface area (Å²) in [5, 5.41) is 18.9. The number of carboxylic acid groups (broad SMARTS) is 2. The molecule has 2 unspecified atom stereocenters. The van der Waals surface area contributed by atoms with Gasteiger partial charge in [0.05, 0.1) is 11.8 Å². The molecule has 2 N–H and O–H groups in total. The number of carbonyl (C=O) groups is 2. The lowest BCUT2D eigenvalue weighted by Gasteiger charge is -2.14. The minimum atomic E-state index is -1.07. The van der Waals surface area contributed by atoms with Crippen LogP contribution in [0.25, 0.3) is 0 Å². The van der Waals surface area contributed by atoms with Gasteiger partial charge in [-0.25, -0.2) is 0 Å². The fourth-order valence-electron chi connectivity index (χ4n) is 3.28. The number of hydrogen-bond acceptors (Lipinski definition) is 2. The minimum absolute atomic E-state index is 0.809. The summed E-state index contributed by atoms with van der Waals surface area (Å²) in [5.41, 5.74) is 0. The lowest BCUT2D eigenvalue weighted by atomic mass is 9.90. The molecule has 0 aromatic heterocycles. The van der Waals surface area contributed by atoms with Gasteiger partial charge < -0.3 is 10.2 Å². The Labute approximate surface area is 172 Å². The van der Waals surface area contributed by atoms with Crippen LogP contribution in [0, 0.1) is 11.8 Å². The Hall–Kier alpha value is -1.58. The molecule has 4 heteroatoms. The molecule has 0 aliphatic carbocycles. The first-order valence-electron chi connectivity index (χ1n) is 11.3. The van der Waals surface area contributed by atoms with Crippen molar-refractivity contribution in [1.29, 1.82) is 0 Å². The molecule has 0 fully saturated rings. The highest BCUT2D eigenvalue weighted by Crippen LogP contribution is 2.19. The van der Waals surface area contributed by atoms with Crippen molar-refractivity contribution in [3.8, 4) is 0 Å². The first-order chi connectivity index (χ1) is 13.5. The second-order valence-electron chi connectivity index (χ2n) is 7.70. The standard InChI is InChI=1S/C24H42O4/c1-3-5-7-9-11-13-15-17-19-21(23(25)26)22(24(27)28)20-18-16-14-12-10-8-6-4-2/h17-22H,3-16H2,1-2H3,(H,25,26)(H,27,28). The summed E-state index contributed by atoms with van der Waals surface area (Å²) in [5.74, 6) is -4.15. The molecule has 0 aliphatic heterocycles. The highest BCUT2D eigenvalue weighted by atomic mass is 16.4.